The predicted molar refractivity (Wildman–Crippen MR) is 134 cm³/mol. The van der Waals surface area contributed by atoms with Crippen molar-refractivity contribution >= 4 is 17.7 Å². The summed E-state index contributed by atoms with van der Waals surface area (Å²) in [5.41, 5.74) is 5.91. The van der Waals surface area contributed by atoms with E-state index in [1.807, 2.05) is 12.3 Å². The summed E-state index contributed by atoms with van der Waals surface area (Å²) in [5.74, 6) is 0.707. The summed E-state index contributed by atoms with van der Waals surface area (Å²) in [4.78, 5) is 14.2. The van der Waals surface area contributed by atoms with Gasteiger partial charge in [-0.3, -0.25) is 4.79 Å². The highest BCUT2D eigenvalue weighted by Crippen LogP contribution is 2.34. The van der Waals surface area contributed by atoms with Crippen LogP contribution in [0.5, 0.6) is 5.75 Å². The molecule has 3 aromatic rings. The van der Waals surface area contributed by atoms with Gasteiger partial charge in [0.05, 0.1) is 12.2 Å². The van der Waals surface area contributed by atoms with Crippen molar-refractivity contribution < 1.29 is 9.53 Å². The maximum atomic E-state index is 13.1. The molecule has 0 bridgehead atoms. The molecule has 5 heteroatoms. The Balaban J connectivity index is 1.27. The molecule has 1 unspecified atom stereocenters. The first-order chi connectivity index (χ1) is 16.2. The second kappa shape index (κ2) is 10.0. The third-order valence-electron chi connectivity index (χ3n) is 6.64. The monoisotopic (exact) mass is 458 g/mol. The molecule has 2 heterocycles. The predicted octanol–water partition coefficient (Wildman–Crippen LogP) is 4.96. The molecule has 33 heavy (non-hydrogen) atoms. The Morgan fingerprint density at radius 2 is 1.91 bits per heavy atom. The maximum Gasteiger partial charge on any atom is 0.255 e. The number of ether oxygens (including phenoxy) is 1. The van der Waals surface area contributed by atoms with Gasteiger partial charge in [0.25, 0.3) is 5.91 Å². The third kappa shape index (κ3) is 4.94. The van der Waals surface area contributed by atoms with Gasteiger partial charge in [-0.05, 0) is 59.9 Å². The van der Waals surface area contributed by atoms with Crippen molar-refractivity contribution in [2.24, 2.45) is 0 Å². The molecule has 0 spiro atoms. The molecule has 0 saturated heterocycles. The van der Waals surface area contributed by atoms with Crippen LogP contribution in [0.3, 0.4) is 0 Å². The quantitative estimate of drug-likeness (QED) is 0.491. The number of fused-ring (bicyclic) bond motifs is 2. The first kappa shape index (κ1) is 22.1. The lowest BCUT2D eigenvalue weighted by Gasteiger charge is -2.33. The van der Waals surface area contributed by atoms with E-state index < -0.39 is 0 Å². The summed E-state index contributed by atoms with van der Waals surface area (Å²) < 4.78 is 5.79. The average molecular weight is 459 g/mol. The number of hydrogen-bond acceptors (Lipinski definition) is 4. The number of rotatable bonds is 7. The molecule has 0 saturated carbocycles. The van der Waals surface area contributed by atoms with Gasteiger partial charge in [0.1, 0.15) is 5.75 Å². The third-order valence-corrected chi connectivity index (χ3v) is 7.35. The fraction of sp³-hybridized carbons (Fsp3) is 0.321. The summed E-state index contributed by atoms with van der Waals surface area (Å²) in [5, 5.41) is 7.00. The Bertz CT molecular complexity index is 1130. The van der Waals surface area contributed by atoms with Gasteiger partial charge < -0.3 is 15.4 Å². The number of nitrogens with one attached hydrogen (secondary N) is 2. The van der Waals surface area contributed by atoms with E-state index in [0.29, 0.717) is 18.7 Å². The van der Waals surface area contributed by atoms with E-state index in [1.165, 1.54) is 16.7 Å². The minimum atomic E-state index is -0.0504. The zero-order chi connectivity index (χ0) is 22.6. The van der Waals surface area contributed by atoms with Crippen molar-refractivity contribution in [3.8, 4) is 5.75 Å². The number of thioether (sulfide) groups is 1. The van der Waals surface area contributed by atoms with Crippen molar-refractivity contribution in [1.82, 2.24) is 10.6 Å². The van der Waals surface area contributed by atoms with Crippen molar-refractivity contribution in [2.75, 3.05) is 19.4 Å². The maximum absolute atomic E-state index is 13.1. The zero-order valence-corrected chi connectivity index (χ0v) is 19.8. The van der Waals surface area contributed by atoms with Gasteiger partial charge in [-0.25, -0.2) is 0 Å². The topological polar surface area (TPSA) is 50.4 Å². The Morgan fingerprint density at radius 1 is 1.09 bits per heavy atom. The second-order valence-corrected chi connectivity index (χ2v) is 9.69. The largest absolute Gasteiger partial charge is 0.492 e. The fourth-order valence-corrected chi connectivity index (χ4v) is 5.46. The number of carbonyl (C=O) groups is 1. The molecule has 2 aliphatic rings. The van der Waals surface area contributed by atoms with Crippen molar-refractivity contribution in [1.29, 1.82) is 0 Å². The van der Waals surface area contributed by atoms with Crippen LogP contribution in [0, 0.1) is 0 Å². The number of carbonyl (C=O) groups excluding carboxylic acids is 1. The molecule has 2 atom stereocenters. The minimum absolute atomic E-state index is 0.0504. The van der Waals surface area contributed by atoms with Crippen LogP contribution in [0.1, 0.15) is 45.1 Å². The summed E-state index contributed by atoms with van der Waals surface area (Å²) in [6.45, 7) is 1.24. The molecule has 0 fully saturated rings. The van der Waals surface area contributed by atoms with E-state index in [2.05, 4.69) is 71.3 Å². The Morgan fingerprint density at radius 3 is 2.76 bits per heavy atom. The SMILES string of the molecule is CSc1cc2c(c(C(=O)NC[C@@H]3Cc4ccccc4C(CCc4ccccc4)N3)c1)OCC2. The molecule has 4 nitrogen and oxygen atoms in total. The van der Waals surface area contributed by atoms with Crippen molar-refractivity contribution in [3.05, 3.63) is 94.5 Å². The molecule has 0 radical (unpaired) electrons. The van der Waals surface area contributed by atoms with Crippen LogP contribution in [-0.2, 0) is 19.3 Å². The molecule has 3 aromatic carbocycles. The van der Waals surface area contributed by atoms with E-state index in [0.717, 1.165) is 41.9 Å². The van der Waals surface area contributed by atoms with Crippen LogP contribution in [0.15, 0.2) is 71.6 Å². The van der Waals surface area contributed by atoms with E-state index >= 15 is 0 Å². The van der Waals surface area contributed by atoms with E-state index in [4.69, 9.17) is 4.74 Å². The molecular weight excluding hydrogens is 428 g/mol. The van der Waals surface area contributed by atoms with Crippen LogP contribution >= 0.6 is 11.8 Å². The normalized spacial score (nSPS) is 18.8. The summed E-state index contributed by atoms with van der Waals surface area (Å²) >= 11 is 1.66. The molecule has 0 aromatic heterocycles. The minimum Gasteiger partial charge on any atom is -0.492 e. The zero-order valence-electron chi connectivity index (χ0n) is 19.0. The lowest BCUT2D eigenvalue weighted by molar-refractivity contribution is 0.0944. The highest BCUT2D eigenvalue weighted by molar-refractivity contribution is 7.98. The van der Waals surface area contributed by atoms with Crippen LogP contribution in [-0.4, -0.2) is 31.4 Å². The van der Waals surface area contributed by atoms with Crippen LogP contribution in [0.25, 0.3) is 0 Å². The Kier molecular flexibility index (Phi) is 6.70. The molecule has 0 aliphatic carbocycles. The fourth-order valence-electron chi connectivity index (χ4n) is 4.96. The first-order valence-electron chi connectivity index (χ1n) is 11.7. The smallest absolute Gasteiger partial charge is 0.255 e. The number of aryl methyl sites for hydroxylation is 1. The molecule has 2 aliphatic heterocycles. The van der Waals surface area contributed by atoms with Crippen LogP contribution in [0.2, 0.25) is 0 Å². The molecule has 2 N–H and O–H groups in total. The van der Waals surface area contributed by atoms with E-state index in [9.17, 15) is 4.79 Å². The highest BCUT2D eigenvalue weighted by Gasteiger charge is 2.27. The summed E-state index contributed by atoms with van der Waals surface area (Å²) in [6.07, 6.45) is 5.88. The lowest BCUT2D eigenvalue weighted by Crippen LogP contribution is -2.47. The number of amides is 1. The van der Waals surface area contributed by atoms with Crippen molar-refractivity contribution in [3.63, 3.8) is 0 Å². The highest BCUT2D eigenvalue weighted by atomic mass is 32.2. The Hall–Kier alpha value is -2.76. The molecule has 5 rings (SSSR count). The standard InChI is InChI=1S/C28H30N2O2S/c1-33-23-16-21-13-14-32-27(21)25(17-23)28(31)29-18-22-15-20-9-5-6-10-24(20)26(30-22)12-11-19-7-3-2-4-8-19/h2-10,16-17,22,26,30H,11-15,18H2,1H3,(H,29,31)/t22-,26?/m0/s1. The average Bonchev–Trinajstić information content (AvgIpc) is 3.34. The van der Waals surface area contributed by atoms with Gasteiger partial charge in [0, 0.05) is 29.9 Å². The van der Waals surface area contributed by atoms with Gasteiger partial charge in [0.15, 0.2) is 0 Å². The molecular formula is C28H30N2O2S. The first-order valence-corrected chi connectivity index (χ1v) is 12.9. The summed E-state index contributed by atoms with van der Waals surface area (Å²) in [6, 6.07) is 23.9. The summed E-state index contributed by atoms with van der Waals surface area (Å²) in [7, 11) is 0. The van der Waals surface area contributed by atoms with Gasteiger partial charge in [-0.15, -0.1) is 11.8 Å². The molecule has 170 valence electrons. The second-order valence-electron chi connectivity index (χ2n) is 8.82. The Labute approximate surface area is 200 Å². The van der Waals surface area contributed by atoms with Gasteiger partial charge >= 0.3 is 0 Å². The van der Waals surface area contributed by atoms with E-state index in [1.54, 1.807) is 11.8 Å². The number of hydrogen-bond donors (Lipinski definition) is 2. The lowest BCUT2D eigenvalue weighted by atomic mass is 9.87. The van der Waals surface area contributed by atoms with Crippen molar-refractivity contribution in [2.45, 2.75) is 42.7 Å². The van der Waals surface area contributed by atoms with Crippen LogP contribution < -0.4 is 15.4 Å². The van der Waals surface area contributed by atoms with E-state index in [-0.39, 0.29) is 18.0 Å². The van der Waals surface area contributed by atoms with Gasteiger partial charge in [-0.2, -0.15) is 0 Å². The van der Waals surface area contributed by atoms with Gasteiger partial charge in [0.2, 0.25) is 0 Å². The molecule has 1 amide bonds. The number of benzene rings is 3. The van der Waals surface area contributed by atoms with Crippen LogP contribution in [0.4, 0.5) is 0 Å². The van der Waals surface area contributed by atoms with Gasteiger partial charge in [-0.1, -0.05) is 54.6 Å².